The molecule has 2 atom stereocenters. The van der Waals surface area contributed by atoms with Gasteiger partial charge in [-0.05, 0) is 18.4 Å². The van der Waals surface area contributed by atoms with Gasteiger partial charge in [0.25, 0.3) is 0 Å². The largest absolute Gasteiger partial charge is 0.481 e. The first-order valence-corrected chi connectivity index (χ1v) is 7.30. The highest BCUT2D eigenvalue weighted by molar-refractivity contribution is 5.78. The molecule has 1 aromatic carbocycles. The van der Waals surface area contributed by atoms with Crippen LogP contribution in [0.4, 0.5) is 0 Å². The molecule has 114 valence electrons. The second-order valence-electron chi connectivity index (χ2n) is 5.35. The molecule has 0 radical (unpaired) electrons. The first-order chi connectivity index (χ1) is 10.1. The average molecular weight is 291 g/mol. The minimum Gasteiger partial charge on any atom is -0.481 e. The Balaban J connectivity index is 1.88. The molecule has 1 saturated heterocycles. The van der Waals surface area contributed by atoms with Crippen LogP contribution in [-0.4, -0.2) is 36.2 Å². The standard InChI is InChI=1S/C16H21NO4/c18-15(17-11-14-7-4-8-21-14)9-13(10-16(19)20)12-5-2-1-3-6-12/h1-3,5-6,13-14H,4,7-11H2,(H,17,18)(H,19,20)/t13-,14-/m0/s1. The number of carbonyl (C=O) groups excluding carboxylic acids is 1. The number of carboxylic acid groups (broad SMARTS) is 1. The van der Waals surface area contributed by atoms with Crippen LogP contribution in [0.15, 0.2) is 30.3 Å². The van der Waals surface area contributed by atoms with Crippen molar-refractivity contribution < 1.29 is 19.4 Å². The summed E-state index contributed by atoms with van der Waals surface area (Å²) in [6, 6.07) is 9.31. The van der Waals surface area contributed by atoms with Crippen molar-refractivity contribution in [3.05, 3.63) is 35.9 Å². The molecule has 1 aliphatic rings. The summed E-state index contributed by atoms with van der Waals surface area (Å²) in [6.45, 7) is 1.26. The number of benzene rings is 1. The van der Waals surface area contributed by atoms with Gasteiger partial charge >= 0.3 is 5.97 Å². The molecule has 0 saturated carbocycles. The first kappa shape index (κ1) is 15.5. The molecule has 1 aliphatic heterocycles. The number of hydrogen-bond acceptors (Lipinski definition) is 3. The molecule has 2 rings (SSSR count). The van der Waals surface area contributed by atoms with Gasteiger partial charge in [0.2, 0.25) is 5.91 Å². The lowest BCUT2D eigenvalue weighted by Crippen LogP contribution is -2.32. The lowest BCUT2D eigenvalue weighted by atomic mass is 9.92. The molecule has 0 aromatic heterocycles. The summed E-state index contributed by atoms with van der Waals surface area (Å²) in [7, 11) is 0. The molecule has 1 fully saturated rings. The summed E-state index contributed by atoms with van der Waals surface area (Å²) < 4.78 is 5.45. The van der Waals surface area contributed by atoms with Gasteiger partial charge < -0.3 is 15.2 Å². The van der Waals surface area contributed by atoms with Crippen molar-refractivity contribution in [1.29, 1.82) is 0 Å². The lowest BCUT2D eigenvalue weighted by Gasteiger charge is -2.16. The molecule has 1 amide bonds. The third kappa shape index (κ3) is 5.19. The quantitative estimate of drug-likeness (QED) is 0.805. The van der Waals surface area contributed by atoms with Crippen LogP contribution < -0.4 is 5.32 Å². The molecule has 5 nitrogen and oxygen atoms in total. The van der Waals surface area contributed by atoms with Crippen LogP contribution >= 0.6 is 0 Å². The van der Waals surface area contributed by atoms with Gasteiger partial charge in [-0.15, -0.1) is 0 Å². The number of nitrogens with one attached hydrogen (secondary N) is 1. The van der Waals surface area contributed by atoms with Crippen LogP contribution in [-0.2, 0) is 14.3 Å². The summed E-state index contributed by atoms with van der Waals surface area (Å²) in [5, 5.41) is 11.9. The third-order valence-electron chi connectivity index (χ3n) is 3.67. The van der Waals surface area contributed by atoms with E-state index >= 15 is 0 Å². The lowest BCUT2D eigenvalue weighted by molar-refractivity contribution is -0.137. The number of rotatable bonds is 7. The fraction of sp³-hybridized carbons (Fsp3) is 0.500. The molecule has 1 aromatic rings. The first-order valence-electron chi connectivity index (χ1n) is 7.30. The molecule has 0 unspecified atom stereocenters. The molecular formula is C16H21NO4. The zero-order valence-electron chi connectivity index (χ0n) is 12.0. The van der Waals surface area contributed by atoms with E-state index in [9.17, 15) is 9.59 Å². The maximum Gasteiger partial charge on any atom is 0.303 e. The van der Waals surface area contributed by atoms with Crippen molar-refractivity contribution >= 4 is 11.9 Å². The Hall–Kier alpha value is -1.88. The fourth-order valence-electron chi connectivity index (χ4n) is 2.57. The van der Waals surface area contributed by atoms with Crippen molar-refractivity contribution in [3.8, 4) is 0 Å². The maximum absolute atomic E-state index is 12.0. The van der Waals surface area contributed by atoms with Crippen molar-refractivity contribution in [2.45, 2.75) is 37.7 Å². The predicted molar refractivity (Wildman–Crippen MR) is 78.0 cm³/mol. The van der Waals surface area contributed by atoms with E-state index in [2.05, 4.69) is 5.32 Å². The zero-order chi connectivity index (χ0) is 15.1. The Morgan fingerprint density at radius 1 is 1.29 bits per heavy atom. The van der Waals surface area contributed by atoms with E-state index in [1.807, 2.05) is 30.3 Å². The number of amides is 1. The molecule has 2 N–H and O–H groups in total. The van der Waals surface area contributed by atoms with Crippen LogP contribution in [0.3, 0.4) is 0 Å². The van der Waals surface area contributed by atoms with E-state index in [1.54, 1.807) is 0 Å². The molecule has 21 heavy (non-hydrogen) atoms. The molecule has 0 spiro atoms. The van der Waals surface area contributed by atoms with Gasteiger partial charge in [0, 0.05) is 25.5 Å². The second-order valence-corrected chi connectivity index (χ2v) is 5.35. The van der Waals surface area contributed by atoms with Gasteiger partial charge in [0.15, 0.2) is 0 Å². The van der Waals surface area contributed by atoms with Crippen LogP contribution in [0.5, 0.6) is 0 Å². The number of hydrogen-bond donors (Lipinski definition) is 2. The molecular weight excluding hydrogens is 270 g/mol. The number of carboxylic acids is 1. The smallest absolute Gasteiger partial charge is 0.303 e. The fourth-order valence-corrected chi connectivity index (χ4v) is 2.57. The third-order valence-corrected chi connectivity index (χ3v) is 3.67. The Morgan fingerprint density at radius 2 is 2.05 bits per heavy atom. The van der Waals surface area contributed by atoms with Crippen molar-refractivity contribution in [3.63, 3.8) is 0 Å². The Bertz CT molecular complexity index is 468. The monoisotopic (exact) mass is 291 g/mol. The van der Waals surface area contributed by atoms with E-state index < -0.39 is 5.97 Å². The topological polar surface area (TPSA) is 75.6 Å². The number of ether oxygens (including phenoxy) is 1. The number of carbonyl (C=O) groups is 2. The minimum absolute atomic E-state index is 0.0443. The van der Waals surface area contributed by atoms with Gasteiger partial charge in [0.05, 0.1) is 12.5 Å². The highest BCUT2D eigenvalue weighted by Gasteiger charge is 2.21. The summed E-state index contributed by atoms with van der Waals surface area (Å²) in [5.74, 6) is -1.32. The van der Waals surface area contributed by atoms with Crippen molar-refractivity contribution in [2.24, 2.45) is 0 Å². The molecule has 5 heteroatoms. The summed E-state index contributed by atoms with van der Waals surface area (Å²) in [4.78, 5) is 23.0. The van der Waals surface area contributed by atoms with Crippen LogP contribution in [0.1, 0.15) is 37.2 Å². The van der Waals surface area contributed by atoms with Gasteiger partial charge in [-0.1, -0.05) is 30.3 Å². The van der Waals surface area contributed by atoms with E-state index in [0.29, 0.717) is 6.54 Å². The summed E-state index contributed by atoms with van der Waals surface area (Å²) in [5.41, 5.74) is 0.882. The predicted octanol–water partition coefficient (Wildman–Crippen LogP) is 1.93. The van der Waals surface area contributed by atoms with Crippen molar-refractivity contribution in [1.82, 2.24) is 5.32 Å². The van der Waals surface area contributed by atoms with E-state index in [-0.39, 0.29) is 30.8 Å². The second kappa shape index (κ2) is 7.78. The average Bonchev–Trinajstić information content (AvgIpc) is 2.98. The van der Waals surface area contributed by atoms with Gasteiger partial charge in [-0.3, -0.25) is 9.59 Å². The SMILES string of the molecule is O=C(O)C[C@H](CC(=O)NC[C@@H]1CCCO1)c1ccccc1. The van der Waals surface area contributed by atoms with E-state index in [0.717, 1.165) is 25.0 Å². The van der Waals surface area contributed by atoms with E-state index in [1.165, 1.54) is 0 Å². The molecule has 0 bridgehead atoms. The van der Waals surface area contributed by atoms with Crippen LogP contribution in [0.25, 0.3) is 0 Å². The van der Waals surface area contributed by atoms with E-state index in [4.69, 9.17) is 9.84 Å². The molecule has 0 aliphatic carbocycles. The Morgan fingerprint density at radius 3 is 2.67 bits per heavy atom. The van der Waals surface area contributed by atoms with Gasteiger partial charge in [-0.2, -0.15) is 0 Å². The highest BCUT2D eigenvalue weighted by Crippen LogP contribution is 2.23. The number of aliphatic carboxylic acids is 1. The molecule has 1 heterocycles. The minimum atomic E-state index is -0.893. The van der Waals surface area contributed by atoms with Crippen molar-refractivity contribution in [2.75, 3.05) is 13.2 Å². The Labute approximate surface area is 124 Å². The van der Waals surface area contributed by atoms with Crippen LogP contribution in [0, 0.1) is 0 Å². The van der Waals surface area contributed by atoms with Gasteiger partial charge in [-0.25, -0.2) is 0 Å². The Kier molecular flexibility index (Phi) is 5.75. The van der Waals surface area contributed by atoms with Crippen LogP contribution in [0.2, 0.25) is 0 Å². The maximum atomic E-state index is 12.0. The van der Waals surface area contributed by atoms with Gasteiger partial charge in [0.1, 0.15) is 0 Å². The normalized spacial score (nSPS) is 19.1. The zero-order valence-corrected chi connectivity index (χ0v) is 12.0. The highest BCUT2D eigenvalue weighted by atomic mass is 16.5. The summed E-state index contributed by atoms with van der Waals surface area (Å²) >= 11 is 0. The summed E-state index contributed by atoms with van der Waals surface area (Å²) in [6.07, 6.45) is 2.24.